The van der Waals surface area contributed by atoms with Gasteiger partial charge in [-0.25, -0.2) is 4.79 Å². The van der Waals surface area contributed by atoms with Crippen LogP contribution in [-0.4, -0.2) is 69.3 Å². The number of likely N-dealkylation sites (tertiary alicyclic amines) is 1. The van der Waals surface area contributed by atoms with Crippen LogP contribution in [-0.2, 0) is 31.0 Å². The van der Waals surface area contributed by atoms with E-state index in [9.17, 15) is 24.6 Å². The van der Waals surface area contributed by atoms with E-state index in [4.69, 9.17) is 14.6 Å². The van der Waals surface area contributed by atoms with Crippen LogP contribution in [0.1, 0.15) is 43.2 Å². The highest BCUT2D eigenvalue weighted by Gasteiger charge is 2.72. The molecule has 2 aliphatic heterocycles. The molecule has 1 fully saturated rings. The lowest BCUT2D eigenvalue weighted by molar-refractivity contribution is -0.168. The number of carboxylic acid groups (broad SMARTS) is 1. The summed E-state index contributed by atoms with van der Waals surface area (Å²) in [6.45, 7) is 0.716. The first kappa shape index (κ1) is 22.6. The van der Waals surface area contributed by atoms with Crippen molar-refractivity contribution in [2.75, 3.05) is 13.6 Å². The number of nitrogens with zero attached hydrogens (tertiary/aromatic N) is 1. The lowest BCUT2D eigenvalue weighted by atomic mass is 9.50. The number of phenolic OH excluding ortho intramolecular Hbond substituents is 1. The average Bonchev–Trinajstić information content (AvgIpc) is 3.14. The van der Waals surface area contributed by atoms with Crippen molar-refractivity contribution in [3.05, 3.63) is 47.2 Å². The molecule has 9 heteroatoms. The number of aromatic hydroxyl groups is 1. The third-order valence-electron chi connectivity index (χ3n) is 7.79. The van der Waals surface area contributed by atoms with E-state index in [2.05, 4.69) is 4.90 Å². The summed E-state index contributed by atoms with van der Waals surface area (Å²) in [5, 5.41) is 31.2. The summed E-state index contributed by atoms with van der Waals surface area (Å²) < 4.78 is 11.8. The maximum absolute atomic E-state index is 12.5. The molecule has 180 valence electrons. The molecule has 4 aliphatic rings. The molecule has 1 spiro atoms. The number of ether oxygens (including phenoxy) is 2. The van der Waals surface area contributed by atoms with Crippen LogP contribution >= 0.6 is 0 Å². The van der Waals surface area contributed by atoms with E-state index in [0.717, 1.165) is 23.3 Å². The van der Waals surface area contributed by atoms with Crippen molar-refractivity contribution >= 4 is 17.7 Å². The highest BCUT2D eigenvalue weighted by Crippen LogP contribution is 2.65. The smallest absolute Gasteiger partial charge is 0.336 e. The van der Waals surface area contributed by atoms with E-state index >= 15 is 0 Å². The number of esters is 1. The third kappa shape index (κ3) is 3.18. The predicted molar refractivity (Wildman–Crippen MR) is 118 cm³/mol. The predicted octanol–water partition coefficient (Wildman–Crippen LogP) is 1.59. The molecule has 1 aromatic carbocycles. The van der Waals surface area contributed by atoms with Crippen LogP contribution in [0.2, 0.25) is 0 Å². The maximum atomic E-state index is 12.5. The minimum absolute atomic E-state index is 0.0141. The number of hydrogen-bond acceptors (Lipinski definition) is 8. The first-order valence-corrected chi connectivity index (χ1v) is 11.5. The van der Waals surface area contributed by atoms with Crippen molar-refractivity contribution in [3.63, 3.8) is 0 Å². The van der Waals surface area contributed by atoms with Crippen LogP contribution in [0.3, 0.4) is 0 Å². The molecule has 1 aromatic rings. The summed E-state index contributed by atoms with van der Waals surface area (Å²) in [5.74, 6) is -1.54. The van der Waals surface area contributed by atoms with Crippen molar-refractivity contribution in [1.29, 1.82) is 0 Å². The molecule has 9 nitrogen and oxygen atoms in total. The van der Waals surface area contributed by atoms with Crippen molar-refractivity contribution in [2.24, 2.45) is 0 Å². The number of aliphatic hydroxyl groups is 1. The van der Waals surface area contributed by atoms with Crippen molar-refractivity contribution < 1.29 is 39.2 Å². The molecule has 5 rings (SSSR count). The second-order valence-electron chi connectivity index (χ2n) is 9.57. The molecule has 2 bridgehead atoms. The summed E-state index contributed by atoms with van der Waals surface area (Å²) in [6.07, 6.45) is 4.54. The standard InChI is InChI=1S/C25H27NO8/c1-26-12-11-24-21-14-5-7-16(28)22(21)34-23(24)17(9-10-25(24,32)18(26)13-14)33-20(31)8-6-15(27)3-2-4-19(29)30/h5-9,18,23,28,32H,2-4,10-13H2,1H3,(H,29,30)/b8-6+/t18-,23?,24?,25-/m1/s1. The van der Waals surface area contributed by atoms with Gasteiger partial charge < -0.3 is 29.7 Å². The summed E-state index contributed by atoms with van der Waals surface area (Å²) in [6, 6.07) is 3.32. The summed E-state index contributed by atoms with van der Waals surface area (Å²) in [7, 11) is 1.99. The Morgan fingerprint density at radius 1 is 1.26 bits per heavy atom. The third-order valence-corrected chi connectivity index (χ3v) is 7.79. The van der Waals surface area contributed by atoms with Gasteiger partial charge in [0.2, 0.25) is 0 Å². The van der Waals surface area contributed by atoms with E-state index in [-0.39, 0.29) is 49.0 Å². The zero-order chi connectivity index (χ0) is 24.3. The fourth-order valence-electron chi connectivity index (χ4n) is 6.25. The Bertz CT molecular complexity index is 1140. The zero-order valence-electron chi connectivity index (χ0n) is 18.8. The van der Waals surface area contributed by atoms with Gasteiger partial charge in [-0.1, -0.05) is 6.07 Å². The fraction of sp³-hybridized carbons (Fsp3) is 0.480. The fourth-order valence-corrected chi connectivity index (χ4v) is 6.25. The molecule has 0 aromatic heterocycles. The Labute approximate surface area is 196 Å². The van der Waals surface area contributed by atoms with Gasteiger partial charge in [-0.05, 0) is 56.6 Å². The minimum atomic E-state index is -1.15. The SMILES string of the molecule is CN1CCC23c4c5ccc(O)c4OC2C(OC(=O)/C=C/C(=O)CCCC(=O)O)=CC[C@@]3(O)[C@H]1C5. The molecular formula is C25H27NO8. The molecule has 4 atom stereocenters. The van der Waals surface area contributed by atoms with Crippen LogP contribution in [0, 0.1) is 0 Å². The quantitative estimate of drug-likeness (QED) is 0.402. The van der Waals surface area contributed by atoms with Gasteiger partial charge in [-0.2, -0.15) is 0 Å². The van der Waals surface area contributed by atoms with E-state index in [1.807, 2.05) is 13.1 Å². The van der Waals surface area contributed by atoms with Gasteiger partial charge in [0.1, 0.15) is 5.76 Å². The number of hydrogen-bond donors (Lipinski definition) is 3. The number of likely N-dealkylation sites (N-methyl/N-ethyl adjacent to an activating group) is 1. The number of benzene rings is 1. The normalized spacial score (nSPS) is 30.9. The van der Waals surface area contributed by atoms with E-state index in [1.165, 1.54) is 0 Å². The molecule has 2 unspecified atom stereocenters. The monoisotopic (exact) mass is 469 g/mol. The Kier molecular flexibility index (Phi) is 5.29. The van der Waals surface area contributed by atoms with Crippen LogP contribution < -0.4 is 4.74 Å². The second kappa shape index (κ2) is 7.95. The van der Waals surface area contributed by atoms with Gasteiger partial charge in [-0.3, -0.25) is 9.59 Å². The minimum Gasteiger partial charge on any atom is -0.504 e. The number of allylic oxidation sites excluding steroid dienone is 1. The van der Waals surface area contributed by atoms with Crippen LogP contribution in [0.15, 0.2) is 36.1 Å². The summed E-state index contributed by atoms with van der Waals surface area (Å²) in [4.78, 5) is 37.1. The molecule has 1 saturated heterocycles. The molecular weight excluding hydrogens is 442 g/mol. The summed E-state index contributed by atoms with van der Waals surface area (Å²) in [5.41, 5.74) is -0.194. The lowest BCUT2D eigenvalue weighted by Gasteiger charge is -2.61. The topological polar surface area (TPSA) is 134 Å². The number of carbonyl (C=O) groups is 3. The molecule has 0 radical (unpaired) electrons. The molecule has 2 aliphatic carbocycles. The molecule has 2 heterocycles. The average molecular weight is 469 g/mol. The highest BCUT2D eigenvalue weighted by molar-refractivity contribution is 5.96. The number of carboxylic acids is 1. The number of carbonyl (C=O) groups excluding carboxylic acids is 2. The molecule has 0 amide bonds. The Morgan fingerprint density at radius 3 is 2.82 bits per heavy atom. The Balaban J connectivity index is 1.41. The first-order valence-electron chi connectivity index (χ1n) is 11.5. The van der Waals surface area contributed by atoms with Gasteiger partial charge in [0.05, 0.1) is 11.0 Å². The largest absolute Gasteiger partial charge is 0.504 e. The van der Waals surface area contributed by atoms with E-state index in [0.29, 0.717) is 25.1 Å². The van der Waals surface area contributed by atoms with Crippen molar-refractivity contribution in [1.82, 2.24) is 4.90 Å². The second-order valence-corrected chi connectivity index (χ2v) is 9.57. The number of phenols is 1. The summed E-state index contributed by atoms with van der Waals surface area (Å²) >= 11 is 0. The number of ketones is 1. The van der Waals surface area contributed by atoms with Gasteiger partial charge in [0.15, 0.2) is 23.4 Å². The lowest BCUT2D eigenvalue weighted by Crippen LogP contribution is -2.74. The van der Waals surface area contributed by atoms with Crippen LogP contribution in [0.4, 0.5) is 0 Å². The highest BCUT2D eigenvalue weighted by atomic mass is 16.6. The Morgan fingerprint density at radius 2 is 2.06 bits per heavy atom. The van der Waals surface area contributed by atoms with Gasteiger partial charge in [0, 0.05) is 36.9 Å². The van der Waals surface area contributed by atoms with Gasteiger partial charge >= 0.3 is 11.9 Å². The number of rotatable bonds is 7. The van der Waals surface area contributed by atoms with Gasteiger partial charge in [0.25, 0.3) is 0 Å². The molecule has 3 N–H and O–H groups in total. The van der Waals surface area contributed by atoms with Gasteiger partial charge in [-0.15, -0.1) is 0 Å². The van der Waals surface area contributed by atoms with E-state index in [1.54, 1.807) is 12.1 Å². The Hall–Kier alpha value is -3.17. The van der Waals surface area contributed by atoms with Crippen molar-refractivity contribution in [2.45, 2.75) is 61.7 Å². The molecule has 0 saturated carbocycles. The van der Waals surface area contributed by atoms with E-state index < -0.39 is 29.1 Å². The van der Waals surface area contributed by atoms with Crippen LogP contribution in [0.5, 0.6) is 11.5 Å². The zero-order valence-corrected chi connectivity index (χ0v) is 18.8. The van der Waals surface area contributed by atoms with Crippen LogP contribution in [0.25, 0.3) is 0 Å². The first-order chi connectivity index (χ1) is 16.2. The number of piperidine rings is 1. The van der Waals surface area contributed by atoms with Crippen molar-refractivity contribution in [3.8, 4) is 11.5 Å². The number of aliphatic carboxylic acids is 1. The maximum Gasteiger partial charge on any atom is 0.336 e. The molecule has 34 heavy (non-hydrogen) atoms.